The number of carbonyl (C=O) groups is 2. The van der Waals surface area contributed by atoms with Gasteiger partial charge in [-0.2, -0.15) is 0 Å². The molecule has 0 aliphatic carbocycles. The smallest absolute Gasteiger partial charge is 0.259 e. The van der Waals surface area contributed by atoms with Crippen molar-refractivity contribution in [2.75, 3.05) is 23.7 Å². The van der Waals surface area contributed by atoms with Crippen LogP contribution < -0.4 is 10.6 Å². The molecular weight excluding hydrogens is 415 g/mol. The third-order valence-corrected chi connectivity index (χ3v) is 6.35. The zero-order valence-corrected chi connectivity index (χ0v) is 18.2. The normalized spacial score (nSPS) is 13.5. The maximum absolute atomic E-state index is 14.0. The van der Waals surface area contributed by atoms with Crippen LogP contribution in [0.1, 0.15) is 43.8 Å². The zero-order valence-electron chi connectivity index (χ0n) is 17.4. The van der Waals surface area contributed by atoms with Gasteiger partial charge < -0.3 is 5.32 Å². The molecule has 31 heavy (non-hydrogen) atoms. The van der Waals surface area contributed by atoms with Crippen LogP contribution in [0.5, 0.6) is 0 Å². The van der Waals surface area contributed by atoms with Crippen LogP contribution in [0.15, 0.2) is 42.5 Å². The Morgan fingerprint density at radius 3 is 2.61 bits per heavy atom. The second-order valence-electron chi connectivity index (χ2n) is 7.39. The fourth-order valence-electron chi connectivity index (χ4n) is 3.59. The number of para-hydroxylation sites is 1. The van der Waals surface area contributed by atoms with E-state index in [0.29, 0.717) is 21.9 Å². The Hall–Kier alpha value is -3.10. The van der Waals surface area contributed by atoms with E-state index in [2.05, 4.69) is 27.4 Å². The average molecular weight is 439 g/mol. The van der Waals surface area contributed by atoms with Crippen molar-refractivity contribution in [2.45, 2.75) is 26.8 Å². The lowest BCUT2D eigenvalue weighted by atomic mass is 10.1. The molecule has 8 heteroatoms. The highest BCUT2D eigenvalue weighted by atomic mass is 32.1. The summed E-state index contributed by atoms with van der Waals surface area (Å²) in [4.78, 5) is 33.7. The molecule has 0 spiro atoms. The molecule has 1 aliphatic rings. The third-order valence-electron chi connectivity index (χ3n) is 5.35. The van der Waals surface area contributed by atoms with Crippen LogP contribution in [-0.2, 0) is 13.0 Å². The monoisotopic (exact) mass is 438 g/mol. The highest BCUT2D eigenvalue weighted by Crippen LogP contribution is 2.29. The van der Waals surface area contributed by atoms with Crippen molar-refractivity contribution in [1.29, 1.82) is 0 Å². The van der Waals surface area contributed by atoms with Gasteiger partial charge in [-0.05, 0) is 37.2 Å². The standard InChI is InChI=1S/C23H23FN4O2S/c1-3-28-12-11-18-19(13-28)31-23(25-18)27-22(30)16-9-6-7-14(2)20(16)26-21(29)15-8-4-5-10-17(15)24/h4-10H,3,11-13H2,1-2H3,(H,26,29)(H,25,27,30). The number of amides is 2. The van der Waals surface area contributed by atoms with Gasteiger partial charge in [-0.25, -0.2) is 9.37 Å². The van der Waals surface area contributed by atoms with Gasteiger partial charge in [0.2, 0.25) is 0 Å². The number of likely N-dealkylation sites (N-methyl/N-ethyl adjacent to an activating group) is 1. The summed E-state index contributed by atoms with van der Waals surface area (Å²) in [6.45, 7) is 6.70. The molecule has 0 atom stereocenters. The van der Waals surface area contributed by atoms with Crippen LogP contribution in [0, 0.1) is 12.7 Å². The van der Waals surface area contributed by atoms with Gasteiger partial charge in [0, 0.05) is 24.4 Å². The number of carbonyl (C=O) groups excluding carboxylic acids is 2. The maximum atomic E-state index is 14.0. The molecule has 1 aliphatic heterocycles. The van der Waals surface area contributed by atoms with Crippen molar-refractivity contribution in [2.24, 2.45) is 0 Å². The summed E-state index contributed by atoms with van der Waals surface area (Å²) in [7, 11) is 0. The molecular formula is C23H23FN4O2S. The van der Waals surface area contributed by atoms with Crippen LogP contribution in [-0.4, -0.2) is 34.8 Å². The van der Waals surface area contributed by atoms with E-state index in [9.17, 15) is 14.0 Å². The quantitative estimate of drug-likeness (QED) is 0.616. The van der Waals surface area contributed by atoms with Gasteiger partial charge in [-0.15, -0.1) is 11.3 Å². The number of aromatic nitrogens is 1. The van der Waals surface area contributed by atoms with Gasteiger partial charge in [0.25, 0.3) is 11.8 Å². The molecule has 6 nitrogen and oxygen atoms in total. The molecule has 0 saturated carbocycles. The summed E-state index contributed by atoms with van der Waals surface area (Å²) in [5.41, 5.74) is 2.31. The van der Waals surface area contributed by atoms with Gasteiger partial charge in [0.15, 0.2) is 5.13 Å². The van der Waals surface area contributed by atoms with Gasteiger partial charge >= 0.3 is 0 Å². The van der Waals surface area contributed by atoms with E-state index in [4.69, 9.17) is 0 Å². The van der Waals surface area contributed by atoms with Crippen molar-refractivity contribution in [1.82, 2.24) is 9.88 Å². The fraction of sp³-hybridized carbons (Fsp3) is 0.261. The summed E-state index contributed by atoms with van der Waals surface area (Å²) in [5.74, 6) is -1.59. The van der Waals surface area contributed by atoms with E-state index in [1.54, 1.807) is 31.2 Å². The van der Waals surface area contributed by atoms with Crippen molar-refractivity contribution < 1.29 is 14.0 Å². The van der Waals surface area contributed by atoms with Crippen molar-refractivity contribution in [3.05, 3.63) is 75.5 Å². The number of hydrogen-bond donors (Lipinski definition) is 2. The number of rotatable bonds is 5. The lowest BCUT2D eigenvalue weighted by Gasteiger charge is -2.23. The summed E-state index contributed by atoms with van der Waals surface area (Å²) in [6, 6.07) is 10.9. The number of nitrogens with one attached hydrogen (secondary N) is 2. The first-order valence-electron chi connectivity index (χ1n) is 10.1. The molecule has 2 aromatic carbocycles. The SMILES string of the molecule is CCN1CCc2nc(NC(=O)c3cccc(C)c3NC(=O)c3ccccc3F)sc2C1. The number of aryl methyl sites for hydroxylation is 1. The number of anilines is 2. The number of nitrogens with zero attached hydrogens (tertiary/aromatic N) is 2. The number of hydrogen-bond acceptors (Lipinski definition) is 5. The molecule has 2 N–H and O–H groups in total. The van der Waals surface area contributed by atoms with Crippen LogP contribution in [0.3, 0.4) is 0 Å². The predicted octanol–water partition coefficient (Wildman–Crippen LogP) is 4.47. The Morgan fingerprint density at radius 1 is 1.10 bits per heavy atom. The highest BCUT2D eigenvalue weighted by Gasteiger charge is 2.22. The molecule has 160 valence electrons. The Bertz CT molecular complexity index is 1140. The fourth-order valence-corrected chi connectivity index (χ4v) is 4.63. The Morgan fingerprint density at radius 2 is 1.84 bits per heavy atom. The minimum atomic E-state index is -0.617. The molecule has 1 aromatic heterocycles. The third kappa shape index (κ3) is 4.50. The molecule has 4 rings (SSSR count). The number of thiazole rings is 1. The second kappa shape index (κ2) is 8.95. The molecule has 3 aromatic rings. The molecule has 0 saturated heterocycles. The first kappa shape index (κ1) is 21.1. The van der Waals surface area contributed by atoms with Crippen LogP contribution in [0.25, 0.3) is 0 Å². The first-order valence-corrected chi connectivity index (χ1v) is 11.0. The zero-order chi connectivity index (χ0) is 22.0. The number of benzene rings is 2. The van der Waals surface area contributed by atoms with Gasteiger partial charge in [0.1, 0.15) is 5.82 Å². The Labute approximate surface area is 184 Å². The second-order valence-corrected chi connectivity index (χ2v) is 8.48. The molecule has 0 fully saturated rings. The molecule has 2 amide bonds. The van der Waals surface area contributed by atoms with Crippen LogP contribution in [0.4, 0.5) is 15.2 Å². The Kier molecular flexibility index (Phi) is 6.11. The van der Waals surface area contributed by atoms with Gasteiger partial charge in [0.05, 0.1) is 22.5 Å². The van der Waals surface area contributed by atoms with E-state index >= 15 is 0 Å². The van der Waals surface area contributed by atoms with E-state index < -0.39 is 11.7 Å². The van der Waals surface area contributed by atoms with Gasteiger partial charge in [-0.3, -0.25) is 19.8 Å². The minimum absolute atomic E-state index is 0.0785. The molecule has 0 unspecified atom stereocenters. The first-order chi connectivity index (χ1) is 15.0. The van der Waals surface area contributed by atoms with Crippen molar-refractivity contribution >= 4 is 34.0 Å². The summed E-state index contributed by atoms with van der Waals surface area (Å²) in [6.07, 6.45) is 0.865. The molecule has 2 heterocycles. The van der Waals surface area contributed by atoms with E-state index in [-0.39, 0.29) is 11.5 Å². The average Bonchev–Trinajstić information content (AvgIpc) is 3.16. The maximum Gasteiger partial charge on any atom is 0.259 e. The van der Waals surface area contributed by atoms with Crippen molar-refractivity contribution in [3.8, 4) is 0 Å². The van der Waals surface area contributed by atoms with Crippen LogP contribution >= 0.6 is 11.3 Å². The van der Waals surface area contributed by atoms with Crippen molar-refractivity contribution in [3.63, 3.8) is 0 Å². The summed E-state index contributed by atoms with van der Waals surface area (Å²) < 4.78 is 14.0. The largest absolute Gasteiger partial charge is 0.321 e. The van der Waals surface area contributed by atoms with Crippen LogP contribution in [0.2, 0.25) is 0 Å². The number of fused-ring (bicyclic) bond motifs is 1. The lowest BCUT2D eigenvalue weighted by molar-refractivity contribution is 0.102. The molecule has 0 radical (unpaired) electrons. The lowest BCUT2D eigenvalue weighted by Crippen LogP contribution is -2.29. The summed E-state index contributed by atoms with van der Waals surface area (Å²) in [5, 5.41) is 6.11. The molecule has 0 bridgehead atoms. The van der Waals surface area contributed by atoms with E-state index in [0.717, 1.165) is 31.7 Å². The predicted molar refractivity (Wildman–Crippen MR) is 120 cm³/mol. The van der Waals surface area contributed by atoms with Gasteiger partial charge in [-0.1, -0.05) is 31.2 Å². The van der Waals surface area contributed by atoms with E-state index in [1.165, 1.54) is 34.4 Å². The minimum Gasteiger partial charge on any atom is -0.321 e. The Balaban J connectivity index is 1.56. The number of halogens is 1. The highest BCUT2D eigenvalue weighted by molar-refractivity contribution is 7.15. The van der Waals surface area contributed by atoms with E-state index in [1.807, 2.05) is 0 Å². The summed E-state index contributed by atoms with van der Waals surface area (Å²) >= 11 is 1.48. The topological polar surface area (TPSA) is 74.3 Å².